The van der Waals surface area contributed by atoms with Gasteiger partial charge in [-0.1, -0.05) is 12.1 Å². The third-order valence-electron chi connectivity index (χ3n) is 2.59. The molecule has 0 aliphatic heterocycles. The van der Waals surface area contributed by atoms with Crippen LogP contribution in [0.25, 0.3) is 0 Å². The number of pyridine rings is 1. The Kier molecular flexibility index (Phi) is 3.62. The van der Waals surface area contributed by atoms with Gasteiger partial charge in [0.05, 0.1) is 17.3 Å². The van der Waals surface area contributed by atoms with Crippen molar-refractivity contribution in [3.63, 3.8) is 0 Å². The fourth-order valence-electron chi connectivity index (χ4n) is 1.66. The first-order valence-electron chi connectivity index (χ1n) is 5.44. The fraction of sp³-hybridized carbons (Fsp3) is 0.0714. The van der Waals surface area contributed by atoms with Crippen molar-refractivity contribution >= 4 is 5.78 Å². The van der Waals surface area contributed by atoms with Crippen molar-refractivity contribution < 1.29 is 13.6 Å². The van der Waals surface area contributed by atoms with Gasteiger partial charge in [-0.3, -0.25) is 9.78 Å². The van der Waals surface area contributed by atoms with Gasteiger partial charge in [-0.25, -0.2) is 8.78 Å². The van der Waals surface area contributed by atoms with Crippen LogP contribution < -0.4 is 0 Å². The van der Waals surface area contributed by atoms with E-state index in [0.29, 0.717) is 0 Å². The Bertz CT molecular complexity index is 650. The minimum Gasteiger partial charge on any atom is -0.292 e. The van der Waals surface area contributed by atoms with Crippen LogP contribution in [0.3, 0.4) is 0 Å². The molecule has 0 fully saturated rings. The number of hydrogen-bond acceptors (Lipinski definition) is 3. The lowest BCUT2D eigenvalue weighted by atomic mass is 9.95. The monoisotopic (exact) mass is 258 g/mol. The van der Waals surface area contributed by atoms with Gasteiger partial charge in [0.1, 0.15) is 0 Å². The van der Waals surface area contributed by atoms with E-state index in [2.05, 4.69) is 4.98 Å². The van der Waals surface area contributed by atoms with E-state index in [9.17, 15) is 13.6 Å². The highest BCUT2D eigenvalue weighted by Crippen LogP contribution is 2.21. The summed E-state index contributed by atoms with van der Waals surface area (Å²) in [6.45, 7) is 0. The summed E-state index contributed by atoms with van der Waals surface area (Å²) in [5, 5.41) is 9.04. The highest BCUT2D eigenvalue weighted by atomic mass is 19.2. The van der Waals surface area contributed by atoms with Crippen LogP contribution in [0.15, 0.2) is 42.6 Å². The fourth-order valence-corrected chi connectivity index (χ4v) is 1.66. The molecule has 0 amide bonds. The maximum atomic E-state index is 13.5. The minimum absolute atomic E-state index is 0.207. The summed E-state index contributed by atoms with van der Waals surface area (Å²) in [5.41, 5.74) is -0.240. The van der Waals surface area contributed by atoms with Gasteiger partial charge in [-0.2, -0.15) is 5.26 Å². The van der Waals surface area contributed by atoms with Gasteiger partial charge >= 0.3 is 0 Å². The molecule has 5 heteroatoms. The van der Waals surface area contributed by atoms with Crippen molar-refractivity contribution in [3.8, 4) is 6.07 Å². The molecule has 0 saturated carbocycles. The molecule has 19 heavy (non-hydrogen) atoms. The van der Waals surface area contributed by atoms with Gasteiger partial charge in [0.25, 0.3) is 0 Å². The number of aromatic nitrogens is 1. The molecule has 1 heterocycles. The largest absolute Gasteiger partial charge is 0.292 e. The van der Waals surface area contributed by atoms with Gasteiger partial charge in [0.2, 0.25) is 0 Å². The predicted octanol–water partition coefficient (Wildman–Crippen LogP) is 2.85. The molecule has 0 aliphatic carbocycles. The summed E-state index contributed by atoms with van der Waals surface area (Å²) in [6.07, 6.45) is 1.43. The van der Waals surface area contributed by atoms with Gasteiger partial charge < -0.3 is 0 Å². The summed E-state index contributed by atoms with van der Waals surface area (Å²) >= 11 is 0. The van der Waals surface area contributed by atoms with Crippen LogP contribution in [0.4, 0.5) is 8.78 Å². The summed E-state index contributed by atoms with van der Waals surface area (Å²) in [5.74, 6) is -4.43. The van der Waals surface area contributed by atoms with E-state index in [4.69, 9.17) is 5.26 Å². The summed E-state index contributed by atoms with van der Waals surface area (Å²) in [6, 6.07) is 9.77. The molecule has 0 radical (unpaired) electrons. The van der Waals surface area contributed by atoms with Crippen LogP contribution in [0.1, 0.15) is 22.0 Å². The molecule has 0 aliphatic rings. The number of halogens is 2. The maximum absolute atomic E-state index is 13.5. The minimum atomic E-state index is -1.25. The first-order chi connectivity index (χ1) is 9.15. The Morgan fingerprint density at radius 2 is 2.00 bits per heavy atom. The van der Waals surface area contributed by atoms with Gasteiger partial charge in [-0.15, -0.1) is 0 Å². The summed E-state index contributed by atoms with van der Waals surface area (Å²) in [4.78, 5) is 16.0. The Morgan fingerprint density at radius 1 is 1.21 bits per heavy atom. The van der Waals surface area contributed by atoms with E-state index >= 15 is 0 Å². The average molecular weight is 258 g/mol. The van der Waals surface area contributed by atoms with Crippen molar-refractivity contribution in [1.82, 2.24) is 4.98 Å². The molecule has 1 aromatic heterocycles. The lowest BCUT2D eigenvalue weighted by Gasteiger charge is -2.08. The number of nitrogens with zero attached hydrogens (tertiary/aromatic N) is 2. The number of carbonyl (C=O) groups is 1. The third kappa shape index (κ3) is 2.47. The van der Waals surface area contributed by atoms with E-state index in [1.807, 2.05) is 0 Å². The smallest absolute Gasteiger partial charge is 0.189 e. The molecule has 0 N–H and O–H groups in total. The highest BCUT2D eigenvalue weighted by molar-refractivity contribution is 6.02. The number of benzene rings is 1. The molecule has 1 aromatic carbocycles. The standard InChI is InChI=1S/C14H8F2N2O/c15-11-5-3-4-9(13(11)16)14(19)10(8-17)12-6-1-2-7-18-12/h1-7,10H. The van der Waals surface area contributed by atoms with Crippen LogP contribution in [-0.4, -0.2) is 10.8 Å². The third-order valence-corrected chi connectivity index (χ3v) is 2.59. The number of Topliss-reactive ketones (excluding diaryl/α,β-unsaturated/α-hetero) is 1. The lowest BCUT2D eigenvalue weighted by Crippen LogP contribution is -2.14. The van der Waals surface area contributed by atoms with Gasteiger partial charge in [-0.05, 0) is 24.3 Å². The zero-order valence-corrected chi connectivity index (χ0v) is 9.68. The molecule has 2 rings (SSSR count). The maximum Gasteiger partial charge on any atom is 0.189 e. The normalized spacial score (nSPS) is 11.6. The molecule has 2 aromatic rings. The molecule has 0 bridgehead atoms. The van der Waals surface area contributed by atoms with E-state index in [-0.39, 0.29) is 5.69 Å². The van der Waals surface area contributed by atoms with E-state index < -0.39 is 28.9 Å². The average Bonchev–Trinajstić information content (AvgIpc) is 2.44. The zero-order valence-electron chi connectivity index (χ0n) is 9.68. The molecular weight excluding hydrogens is 250 g/mol. The molecule has 3 nitrogen and oxygen atoms in total. The number of carbonyl (C=O) groups excluding carboxylic acids is 1. The molecular formula is C14H8F2N2O. The van der Waals surface area contributed by atoms with Crippen molar-refractivity contribution in [1.29, 1.82) is 5.26 Å². The Morgan fingerprint density at radius 3 is 2.63 bits per heavy atom. The topological polar surface area (TPSA) is 53.8 Å². The van der Waals surface area contributed by atoms with Crippen LogP contribution in [0, 0.1) is 23.0 Å². The van der Waals surface area contributed by atoms with Crippen LogP contribution >= 0.6 is 0 Å². The second-order valence-electron chi connectivity index (χ2n) is 3.78. The zero-order chi connectivity index (χ0) is 13.8. The molecule has 1 unspecified atom stereocenters. The quantitative estimate of drug-likeness (QED) is 0.795. The highest BCUT2D eigenvalue weighted by Gasteiger charge is 2.26. The first-order valence-corrected chi connectivity index (χ1v) is 5.44. The van der Waals surface area contributed by atoms with Crippen LogP contribution in [0.2, 0.25) is 0 Å². The van der Waals surface area contributed by atoms with Gasteiger partial charge in [0.15, 0.2) is 23.3 Å². The van der Waals surface area contributed by atoms with Crippen molar-refractivity contribution in [2.75, 3.05) is 0 Å². The predicted molar refractivity (Wildman–Crippen MR) is 63.3 cm³/mol. The van der Waals surface area contributed by atoms with Crippen molar-refractivity contribution in [2.24, 2.45) is 0 Å². The SMILES string of the molecule is N#CC(C(=O)c1cccc(F)c1F)c1ccccn1. The molecule has 1 atom stereocenters. The van der Waals surface area contributed by atoms with Crippen molar-refractivity contribution in [3.05, 3.63) is 65.5 Å². The van der Waals surface area contributed by atoms with E-state index in [1.54, 1.807) is 18.2 Å². The van der Waals surface area contributed by atoms with Gasteiger partial charge in [0, 0.05) is 6.20 Å². The lowest BCUT2D eigenvalue weighted by molar-refractivity contribution is 0.0972. The molecule has 0 spiro atoms. The second-order valence-corrected chi connectivity index (χ2v) is 3.78. The molecule has 94 valence electrons. The van der Waals surface area contributed by atoms with Crippen LogP contribution in [0.5, 0.6) is 0 Å². The Labute approximate surface area is 108 Å². The van der Waals surface area contributed by atoms with Crippen LogP contribution in [-0.2, 0) is 0 Å². The Balaban J connectivity index is 2.43. The Hall–Kier alpha value is -2.61. The number of rotatable bonds is 3. The second kappa shape index (κ2) is 5.36. The molecule has 0 saturated heterocycles. The summed E-state index contributed by atoms with van der Waals surface area (Å²) in [7, 11) is 0. The summed E-state index contributed by atoms with van der Waals surface area (Å²) < 4.78 is 26.6. The van der Waals surface area contributed by atoms with E-state index in [1.165, 1.54) is 18.3 Å². The first kappa shape index (κ1) is 12.8. The van der Waals surface area contributed by atoms with Crippen molar-refractivity contribution in [2.45, 2.75) is 5.92 Å². The van der Waals surface area contributed by atoms with E-state index in [0.717, 1.165) is 12.1 Å². The number of hydrogen-bond donors (Lipinski definition) is 0. The number of nitriles is 1. The number of ketones is 1.